The van der Waals surface area contributed by atoms with E-state index in [-0.39, 0.29) is 0 Å². The van der Waals surface area contributed by atoms with Crippen LogP contribution in [0, 0.1) is 5.92 Å². The van der Waals surface area contributed by atoms with Crippen LogP contribution in [0.4, 0.5) is 0 Å². The molecule has 0 aromatic heterocycles. The zero-order chi connectivity index (χ0) is 18.2. The van der Waals surface area contributed by atoms with Crippen LogP contribution in [0.2, 0.25) is 0 Å². The molecule has 1 saturated heterocycles. The van der Waals surface area contributed by atoms with Crippen LogP contribution in [-0.2, 0) is 11.3 Å². The van der Waals surface area contributed by atoms with Crippen molar-refractivity contribution in [2.75, 3.05) is 6.54 Å². The molecule has 3 unspecified atom stereocenters. The number of piperidine rings is 1. The number of hydrogen-bond donors (Lipinski definition) is 3. The van der Waals surface area contributed by atoms with Gasteiger partial charge in [-0.05, 0) is 63.0 Å². The minimum atomic E-state index is 0.367. The van der Waals surface area contributed by atoms with Crippen molar-refractivity contribution < 1.29 is 4.74 Å². The van der Waals surface area contributed by atoms with Gasteiger partial charge in [0.05, 0.1) is 18.9 Å². The summed E-state index contributed by atoms with van der Waals surface area (Å²) in [5, 5.41) is 7.54. The molecule has 3 atom stereocenters. The zero-order valence-electron chi connectivity index (χ0n) is 16.3. The van der Waals surface area contributed by atoms with Gasteiger partial charge in [-0.2, -0.15) is 0 Å². The van der Waals surface area contributed by atoms with Gasteiger partial charge in [-0.1, -0.05) is 43.7 Å². The molecule has 0 amide bonds. The average molecular weight is 360 g/mol. The van der Waals surface area contributed by atoms with Crippen LogP contribution in [-0.4, -0.2) is 30.9 Å². The molecule has 0 spiro atoms. The van der Waals surface area contributed by atoms with Gasteiger partial charge in [-0.3, -0.25) is 5.32 Å². The largest absolute Gasteiger partial charge is 0.373 e. The highest BCUT2D eigenvalue weighted by atomic mass is 16.5. The molecule has 1 aliphatic heterocycles. The second-order valence-electron chi connectivity index (χ2n) is 8.19. The van der Waals surface area contributed by atoms with Crippen molar-refractivity contribution in [3.05, 3.63) is 35.9 Å². The lowest BCUT2D eigenvalue weighted by Gasteiger charge is -2.38. The second-order valence-corrected chi connectivity index (χ2v) is 8.19. The fraction of sp³-hybridized carbons (Fsp3) is 0.727. The smallest absolute Gasteiger partial charge is 0.0720 e. The zero-order valence-corrected chi connectivity index (χ0v) is 16.3. The van der Waals surface area contributed by atoms with Crippen LogP contribution >= 0.6 is 0 Å². The fourth-order valence-corrected chi connectivity index (χ4v) is 4.50. The summed E-state index contributed by atoms with van der Waals surface area (Å²) in [7, 11) is 0. The lowest BCUT2D eigenvalue weighted by Crippen LogP contribution is -2.54. The van der Waals surface area contributed by atoms with E-state index in [2.05, 4.69) is 47.9 Å². The summed E-state index contributed by atoms with van der Waals surface area (Å²) in [5.74, 6) is 0.642. The summed E-state index contributed by atoms with van der Waals surface area (Å²) in [6.45, 7) is 4.08. The molecule has 1 aromatic rings. The van der Waals surface area contributed by atoms with Crippen LogP contribution < -0.4 is 16.4 Å². The van der Waals surface area contributed by atoms with Gasteiger partial charge in [-0.15, -0.1) is 0 Å². The van der Waals surface area contributed by atoms with Crippen molar-refractivity contribution in [2.24, 2.45) is 11.7 Å². The lowest BCUT2D eigenvalue weighted by molar-refractivity contribution is -0.0207. The Balaban J connectivity index is 1.49. The van der Waals surface area contributed by atoms with Gasteiger partial charge in [0.15, 0.2) is 0 Å². The van der Waals surface area contributed by atoms with E-state index in [9.17, 15) is 0 Å². The Hall–Kier alpha value is -0.940. The van der Waals surface area contributed by atoms with E-state index in [4.69, 9.17) is 10.5 Å². The third-order valence-electron chi connectivity index (χ3n) is 6.06. The Labute approximate surface area is 159 Å². The Bertz CT molecular complexity index is 501. The van der Waals surface area contributed by atoms with Gasteiger partial charge in [-0.25, -0.2) is 0 Å². The van der Waals surface area contributed by atoms with Crippen LogP contribution in [0.1, 0.15) is 63.9 Å². The first-order valence-electron chi connectivity index (χ1n) is 10.6. The molecule has 0 radical (unpaired) electrons. The molecule has 4 N–H and O–H groups in total. The minimum Gasteiger partial charge on any atom is -0.373 e. The summed E-state index contributed by atoms with van der Waals surface area (Å²) in [6.07, 6.45) is 10.3. The third-order valence-corrected chi connectivity index (χ3v) is 6.06. The van der Waals surface area contributed by atoms with E-state index in [1.165, 1.54) is 37.7 Å². The Kier molecular flexibility index (Phi) is 7.93. The topological polar surface area (TPSA) is 59.3 Å². The monoisotopic (exact) mass is 359 g/mol. The maximum Gasteiger partial charge on any atom is 0.0720 e. The molecule has 1 aromatic carbocycles. The van der Waals surface area contributed by atoms with E-state index in [0.29, 0.717) is 30.3 Å². The summed E-state index contributed by atoms with van der Waals surface area (Å²) in [5.41, 5.74) is 7.32. The van der Waals surface area contributed by atoms with Gasteiger partial charge in [0, 0.05) is 12.1 Å². The Morgan fingerprint density at radius 1 is 1.15 bits per heavy atom. The van der Waals surface area contributed by atoms with Crippen molar-refractivity contribution in [1.29, 1.82) is 0 Å². The molecule has 3 rings (SSSR count). The van der Waals surface area contributed by atoms with Gasteiger partial charge >= 0.3 is 0 Å². The fourth-order valence-electron chi connectivity index (χ4n) is 4.50. The number of rotatable bonds is 8. The van der Waals surface area contributed by atoms with Crippen molar-refractivity contribution in [2.45, 2.75) is 89.3 Å². The maximum atomic E-state index is 6.39. The highest BCUT2D eigenvalue weighted by Crippen LogP contribution is 2.27. The number of nitrogens with one attached hydrogen (secondary N) is 2. The normalized spacial score (nSPS) is 30.8. The summed E-state index contributed by atoms with van der Waals surface area (Å²) in [4.78, 5) is 0. The molecular weight excluding hydrogens is 322 g/mol. The molecule has 0 bridgehead atoms. The van der Waals surface area contributed by atoms with Gasteiger partial charge in [0.1, 0.15) is 0 Å². The van der Waals surface area contributed by atoms with Crippen LogP contribution in [0.3, 0.4) is 0 Å². The van der Waals surface area contributed by atoms with Crippen molar-refractivity contribution >= 4 is 0 Å². The minimum absolute atomic E-state index is 0.367. The van der Waals surface area contributed by atoms with Gasteiger partial charge < -0.3 is 15.8 Å². The number of nitrogens with two attached hydrogens (primary N) is 1. The second kappa shape index (κ2) is 10.4. The van der Waals surface area contributed by atoms with Gasteiger partial charge in [0.2, 0.25) is 0 Å². The standard InChI is InChI=1S/C22H37N3O/c1-2-6-21(26-16-17-7-4-3-5-8-17)18-13-14-24-22(15-18)25-20-11-9-19(23)10-12-20/h3-5,7-8,18-22,24-25H,2,6,9-16,23H2,1H3. The lowest BCUT2D eigenvalue weighted by atomic mass is 9.86. The predicted octanol–water partition coefficient (Wildman–Crippen LogP) is 3.56. The number of benzene rings is 1. The number of hydrogen-bond acceptors (Lipinski definition) is 4. The van der Waals surface area contributed by atoms with Crippen LogP contribution in [0.5, 0.6) is 0 Å². The molecule has 146 valence electrons. The van der Waals surface area contributed by atoms with E-state index < -0.39 is 0 Å². The van der Waals surface area contributed by atoms with E-state index in [1.54, 1.807) is 0 Å². The Morgan fingerprint density at radius 3 is 2.65 bits per heavy atom. The number of ether oxygens (including phenoxy) is 1. The van der Waals surface area contributed by atoms with E-state index in [0.717, 1.165) is 32.4 Å². The molecule has 4 heteroatoms. The molecule has 2 fully saturated rings. The van der Waals surface area contributed by atoms with Crippen molar-refractivity contribution in [3.63, 3.8) is 0 Å². The average Bonchev–Trinajstić information content (AvgIpc) is 2.68. The highest BCUT2D eigenvalue weighted by molar-refractivity contribution is 5.13. The summed E-state index contributed by atoms with van der Waals surface area (Å²) in [6, 6.07) is 11.6. The molecule has 1 heterocycles. The van der Waals surface area contributed by atoms with Crippen LogP contribution in [0.15, 0.2) is 30.3 Å². The van der Waals surface area contributed by atoms with E-state index in [1.807, 2.05) is 0 Å². The third kappa shape index (κ3) is 6.05. The summed E-state index contributed by atoms with van der Waals surface area (Å²) >= 11 is 0. The molecule has 2 aliphatic rings. The van der Waals surface area contributed by atoms with Crippen LogP contribution in [0.25, 0.3) is 0 Å². The first-order valence-corrected chi connectivity index (χ1v) is 10.6. The highest BCUT2D eigenvalue weighted by Gasteiger charge is 2.30. The first kappa shape index (κ1) is 19.8. The van der Waals surface area contributed by atoms with E-state index >= 15 is 0 Å². The van der Waals surface area contributed by atoms with Gasteiger partial charge in [0.25, 0.3) is 0 Å². The van der Waals surface area contributed by atoms with Crippen molar-refractivity contribution in [3.8, 4) is 0 Å². The SMILES string of the molecule is CCCC(OCc1ccccc1)C1CCNC(NC2CCC(N)CC2)C1. The Morgan fingerprint density at radius 2 is 1.92 bits per heavy atom. The molecule has 1 aliphatic carbocycles. The summed E-state index contributed by atoms with van der Waals surface area (Å²) < 4.78 is 6.39. The molecule has 4 nitrogen and oxygen atoms in total. The quantitative estimate of drug-likeness (QED) is 0.664. The first-order chi connectivity index (χ1) is 12.7. The molecule has 1 saturated carbocycles. The predicted molar refractivity (Wildman–Crippen MR) is 108 cm³/mol. The maximum absolute atomic E-state index is 6.39. The molecule has 26 heavy (non-hydrogen) atoms. The van der Waals surface area contributed by atoms with Crippen molar-refractivity contribution in [1.82, 2.24) is 10.6 Å². The molecular formula is C22H37N3O.